The Morgan fingerprint density at radius 3 is 3.06 bits per heavy atom. The maximum Gasteiger partial charge on any atom is 0.0949 e. The lowest BCUT2D eigenvalue weighted by atomic mass is 10.2. The molecule has 2 aromatic heterocycles. The topological polar surface area (TPSA) is 29.9 Å². The largest absolute Gasteiger partial charge is 0.333 e. The summed E-state index contributed by atoms with van der Waals surface area (Å²) in [6, 6.07) is 2.29. The number of imidazole rings is 1. The Hall–Kier alpha value is -1.13. The van der Waals surface area contributed by atoms with E-state index in [9.17, 15) is 0 Å². The second kappa shape index (κ2) is 5.27. The molecule has 0 aliphatic carbocycles. The third-order valence-electron chi connectivity index (χ3n) is 2.53. The zero-order valence-electron chi connectivity index (χ0n) is 9.73. The summed E-state index contributed by atoms with van der Waals surface area (Å²) in [5, 5.41) is 3.36. The number of aryl methyl sites for hydroxylation is 1. The van der Waals surface area contributed by atoms with Crippen LogP contribution in [0.3, 0.4) is 0 Å². The molecule has 0 amide bonds. The van der Waals surface area contributed by atoms with Crippen LogP contribution in [0.15, 0.2) is 24.8 Å². The summed E-state index contributed by atoms with van der Waals surface area (Å²) in [7, 11) is 0. The van der Waals surface area contributed by atoms with Gasteiger partial charge in [-0.25, -0.2) is 4.98 Å². The van der Waals surface area contributed by atoms with E-state index in [1.165, 1.54) is 15.3 Å². The van der Waals surface area contributed by atoms with Gasteiger partial charge in [0.2, 0.25) is 0 Å². The van der Waals surface area contributed by atoms with E-state index < -0.39 is 0 Å². The average Bonchev–Trinajstić information content (AvgIpc) is 2.87. The number of hydrogen-bond donors (Lipinski definition) is 1. The molecular formula is C12H17N3S. The lowest BCUT2D eigenvalue weighted by Crippen LogP contribution is -2.10. The van der Waals surface area contributed by atoms with Gasteiger partial charge in [-0.3, -0.25) is 0 Å². The summed E-state index contributed by atoms with van der Waals surface area (Å²) >= 11 is 1.88. The first-order valence-corrected chi connectivity index (χ1v) is 6.36. The second-order valence-electron chi connectivity index (χ2n) is 3.81. The highest BCUT2D eigenvalue weighted by Crippen LogP contribution is 2.22. The molecule has 0 aliphatic heterocycles. The quantitative estimate of drug-likeness (QED) is 0.862. The van der Waals surface area contributed by atoms with Gasteiger partial charge < -0.3 is 9.88 Å². The molecule has 86 valence electrons. The fourth-order valence-electron chi connectivity index (χ4n) is 1.66. The van der Waals surface area contributed by atoms with Crippen molar-refractivity contribution in [3.8, 4) is 0 Å². The van der Waals surface area contributed by atoms with E-state index in [1.807, 2.05) is 30.1 Å². The van der Waals surface area contributed by atoms with Crippen molar-refractivity contribution in [3.63, 3.8) is 0 Å². The molecule has 2 rings (SSSR count). The predicted octanol–water partition coefficient (Wildman–Crippen LogP) is 2.41. The fourth-order valence-corrected chi connectivity index (χ4v) is 2.68. The monoisotopic (exact) mass is 235 g/mol. The average molecular weight is 235 g/mol. The van der Waals surface area contributed by atoms with Gasteiger partial charge >= 0.3 is 0 Å². The van der Waals surface area contributed by atoms with Crippen molar-refractivity contribution in [2.75, 3.05) is 6.54 Å². The Kier molecular flexibility index (Phi) is 3.74. The molecule has 0 saturated carbocycles. The van der Waals surface area contributed by atoms with Crippen LogP contribution >= 0.6 is 11.3 Å². The minimum Gasteiger partial charge on any atom is -0.333 e. The van der Waals surface area contributed by atoms with E-state index >= 15 is 0 Å². The van der Waals surface area contributed by atoms with Crippen LogP contribution in [0.25, 0.3) is 0 Å². The molecule has 0 aromatic carbocycles. The summed E-state index contributed by atoms with van der Waals surface area (Å²) < 4.78 is 2.10. The van der Waals surface area contributed by atoms with Gasteiger partial charge in [-0.2, -0.15) is 0 Å². The first kappa shape index (κ1) is 11.4. The van der Waals surface area contributed by atoms with Gasteiger partial charge in [0.05, 0.1) is 6.33 Å². The zero-order valence-corrected chi connectivity index (χ0v) is 10.5. The van der Waals surface area contributed by atoms with E-state index in [0.717, 1.165) is 19.6 Å². The molecule has 2 aromatic rings. The van der Waals surface area contributed by atoms with Crippen LogP contribution in [-0.4, -0.2) is 16.1 Å². The highest BCUT2D eigenvalue weighted by Gasteiger charge is 2.05. The van der Waals surface area contributed by atoms with Gasteiger partial charge in [-0.1, -0.05) is 6.92 Å². The standard InChI is InChI=1S/C12H17N3S/c1-3-13-7-12-6-11(10(2)16-12)8-15-5-4-14-9-15/h4-6,9,13H,3,7-8H2,1-2H3. The lowest BCUT2D eigenvalue weighted by molar-refractivity contribution is 0.733. The number of nitrogens with one attached hydrogen (secondary N) is 1. The molecule has 0 spiro atoms. The van der Waals surface area contributed by atoms with Crippen LogP contribution in [-0.2, 0) is 13.1 Å². The van der Waals surface area contributed by atoms with Crippen molar-refractivity contribution in [1.82, 2.24) is 14.9 Å². The number of aromatic nitrogens is 2. The van der Waals surface area contributed by atoms with Crippen LogP contribution in [0, 0.1) is 6.92 Å². The molecule has 0 saturated heterocycles. The zero-order chi connectivity index (χ0) is 11.4. The minimum atomic E-state index is 0.925. The molecule has 16 heavy (non-hydrogen) atoms. The number of nitrogens with zero attached hydrogens (tertiary/aromatic N) is 2. The molecule has 3 nitrogen and oxygen atoms in total. The van der Waals surface area contributed by atoms with Gasteiger partial charge in [0.15, 0.2) is 0 Å². The van der Waals surface area contributed by atoms with Crippen molar-refractivity contribution in [2.24, 2.45) is 0 Å². The molecule has 0 fully saturated rings. The van der Waals surface area contributed by atoms with Gasteiger partial charge in [0, 0.05) is 35.2 Å². The van der Waals surface area contributed by atoms with Crippen molar-refractivity contribution >= 4 is 11.3 Å². The molecular weight excluding hydrogens is 218 g/mol. The third-order valence-corrected chi connectivity index (χ3v) is 3.63. The highest BCUT2D eigenvalue weighted by molar-refractivity contribution is 7.12. The van der Waals surface area contributed by atoms with Crippen LogP contribution in [0.4, 0.5) is 0 Å². The first-order chi connectivity index (χ1) is 7.79. The molecule has 0 unspecified atom stereocenters. The SMILES string of the molecule is CCNCc1cc(Cn2ccnc2)c(C)s1. The van der Waals surface area contributed by atoms with Gasteiger partial charge in [-0.15, -0.1) is 11.3 Å². The maximum atomic E-state index is 4.06. The summed E-state index contributed by atoms with van der Waals surface area (Å²) in [6.07, 6.45) is 5.68. The lowest BCUT2D eigenvalue weighted by Gasteiger charge is -2.00. The summed E-state index contributed by atoms with van der Waals surface area (Å²) in [6.45, 7) is 7.24. The molecule has 0 bridgehead atoms. The maximum absolute atomic E-state index is 4.06. The molecule has 0 aliphatic rings. The van der Waals surface area contributed by atoms with E-state index in [4.69, 9.17) is 0 Å². The van der Waals surface area contributed by atoms with Crippen molar-refractivity contribution in [2.45, 2.75) is 26.9 Å². The van der Waals surface area contributed by atoms with Crippen LogP contribution < -0.4 is 5.32 Å². The number of rotatable bonds is 5. The van der Waals surface area contributed by atoms with Crippen LogP contribution in [0.5, 0.6) is 0 Å². The Bertz CT molecular complexity index is 431. The van der Waals surface area contributed by atoms with E-state index in [0.29, 0.717) is 0 Å². The van der Waals surface area contributed by atoms with Gasteiger partial charge in [-0.05, 0) is 25.1 Å². The van der Waals surface area contributed by atoms with Crippen molar-refractivity contribution in [3.05, 3.63) is 40.1 Å². The van der Waals surface area contributed by atoms with Crippen LogP contribution in [0.2, 0.25) is 0 Å². The van der Waals surface area contributed by atoms with Crippen LogP contribution in [0.1, 0.15) is 22.2 Å². The predicted molar refractivity (Wildman–Crippen MR) is 67.8 cm³/mol. The Labute approximate surface area is 100 Å². The number of thiophene rings is 1. The van der Waals surface area contributed by atoms with E-state index in [1.54, 1.807) is 0 Å². The molecule has 2 heterocycles. The first-order valence-electron chi connectivity index (χ1n) is 5.54. The molecule has 0 radical (unpaired) electrons. The second-order valence-corrected chi connectivity index (χ2v) is 5.15. The number of hydrogen-bond acceptors (Lipinski definition) is 3. The Morgan fingerprint density at radius 1 is 1.50 bits per heavy atom. The fraction of sp³-hybridized carbons (Fsp3) is 0.417. The van der Waals surface area contributed by atoms with Gasteiger partial charge in [0.1, 0.15) is 0 Å². The Morgan fingerprint density at radius 2 is 2.38 bits per heavy atom. The minimum absolute atomic E-state index is 0.925. The molecule has 1 N–H and O–H groups in total. The highest BCUT2D eigenvalue weighted by atomic mass is 32.1. The van der Waals surface area contributed by atoms with E-state index in [2.05, 4.69) is 34.8 Å². The Balaban J connectivity index is 2.06. The third kappa shape index (κ3) is 2.71. The summed E-state index contributed by atoms with van der Waals surface area (Å²) in [5.74, 6) is 0. The summed E-state index contributed by atoms with van der Waals surface area (Å²) in [5.41, 5.74) is 1.40. The van der Waals surface area contributed by atoms with Gasteiger partial charge in [0.25, 0.3) is 0 Å². The normalized spacial score (nSPS) is 10.9. The smallest absolute Gasteiger partial charge is 0.0949 e. The summed E-state index contributed by atoms with van der Waals surface area (Å²) in [4.78, 5) is 6.87. The van der Waals surface area contributed by atoms with Crippen molar-refractivity contribution in [1.29, 1.82) is 0 Å². The van der Waals surface area contributed by atoms with Crippen molar-refractivity contribution < 1.29 is 0 Å². The molecule has 4 heteroatoms. The molecule has 0 atom stereocenters. The van der Waals surface area contributed by atoms with E-state index in [-0.39, 0.29) is 0 Å².